The van der Waals surface area contributed by atoms with Crippen molar-refractivity contribution in [2.45, 2.75) is 63.5 Å². The number of rotatable bonds is 3. The van der Waals surface area contributed by atoms with E-state index < -0.39 is 18.1 Å². The summed E-state index contributed by atoms with van der Waals surface area (Å²) in [4.78, 5) is 12.0. The van der Waals surface area contributed by atoms with Crippen LogP contribution in [0.1, 0.15) is 65.8 Å². The first kappa shape index (κ1) is 16.7. The third-order valence-corrected chi connectivity index (χ3v) is 6.63. The zero-order valence-electron chi connectivity index (χ0n) is 15.8. The zero-order chi connectivity index (χ0) is 18.7. The summed E-state index contributed by atoms with van der Waals surface area (Å²) >= 11 is 0. The molecule has 0 saturated heterocycles. The Morgan fingerprint density at radius 1 is 1.30 bits per heavy atom. The molecule has 5 rings (SSSR count). The van der Waals surface area contributed by atoms with Crippen molar-refractivity contribution in [3.05, 3.63) is 58.1 Å². The van der Waals surface area contributed by atoms with Crippen LogP contribution in [-0.2, 0) is 11.2 Å². The molecule has 3 aliphatic rings. The van der Waals surface area contributed by atoms with E-state index in [1.54, 1.807) is 0 Å². The van der Waals surface area contributed by atoms with Crippen LogP contribution in [0.25, 0.3) is 0 Å². The molecule has 3 unspecified atom stereocenters. The summed E-state index contributed by atoms with van der Waals surface area (Å²) in [5.74, 6) is 0.626. The predicted molar refractivity (Wildman–Crippen MR) is 105 cm³/mol. The van der Waals surface area contributed by atoms with Crippen molar-refractivity contribution in [1.29, 1.82) is 0 Å². The van der Waals surface area contributed by atoms with Gasteiger partial charge in [-0.05, 0) is 60.4 Å². The predicted octanol–water partition coefficient (Wildman–Crippen LogP) is 4.60. The van der Waals surface area contributed by atoms with Gasteiger partial charge in [-0.2, -0.15) is 0 Å². The Morgan fingerprint density at radius 2 is 2.11 bits per heavy atom. The van der Waals surface area contributed by atoms with Gasteiger partial charge in [-0.3, -0.25) is 0 Å². The fraction of sp³-hybridized carbons (Fsp3) is 0.435. The molecule has 3 atom stereocenters. The lowest BCUT2D eigenvalue weighted by molar-refractivity contribution is -0.140. The van der Waals surface area contributed by atoms with Gasteiger partial charge in [-0.25, -0.2) is 4.79 Å². The number of anilines is 1. The van der Waals surface area contributed by atoms with Crippen molar-refractivity contribution in [1.82, 2.24) is 0 Å². The van der Waals surface area contributed by atoms with E-state index in [-0.39, 0.29) is 5.92 Å². The molecular formula is C23H25NO3. The smallest absolute Gasteiger partial charge is 0.330 e. The van der Waals surface area contributed by atoms with Crippen LogP contribution in [0.3, 0.4) is 0 Å². The van der Waals surface area contributed by atoms with Crippen LogP contribution in [0, 0.1) is 6.92 Å². The van der Waals surface area contributed by atoms with E-state index in [4.69, 9.17) is 4.74 Å². The van der Waals surface area contributed by atoms with Crippen molar-refractivity contribution in [3.8, 4) is 5.75 Å². The van der Waals surface area contributed by atoms with Crippen LogP contribution in [0.5, 0.6) is 5.75 Å². The van der Waals surface area contributed by atoms with Crippen LogP contribution in [0.4, 0.5) is 5.69 Å². The first-order valence-electron chi connectivity index (χ1n) is 10.0. The lowest BCUT2D eigenvalue weighted by Gasteiger charge is -2.36. The molecule has 2 N–H and O–H groups in total. The van der Waals surface area contributed by atoms with Gasteiger partial charge in [0.25, 0.3) is 0 Å². The summed E-state index contributed by atoms with van der Waals surface area (Å²) in [5.41, 5.74) is 7.04. The second kappa shape index (κ2) is 6.01. The Kier molecular flexibility index (Phi) is 3.71. The average Bonchev–Trinajstić information content (AvgIpc) is 2.98. The number of para-hydroxylation sites is 1. The molecule has 2 aromatic rings. The summed E-state index contributed by atoms with van der Waals surface area (Å²) < 4.78 is 6.29. The lowest BCUT2D eigenvalue weighted by Crippen LogP contribution is -2.48. The molecule has 4 heteroatoms. The molecule has 27 heavy (non-hydrogen) atoms. The zero-order valence-corrected chi connectivity index (χ0v) is 15.8. The minimum Gasteiger partial charge on any atom is -0.486 e. The minimum atomic E-state index is -0.854. The van der Waals surface area contributed by atoms with Gasteiger partial charge in [0.05, 0.1) is 5.92 Å². The molecule has 1 fully saturated rings. The highest BCUT2D eigenvalue weighted by Crippen LogP contribution is 2.52. The number of hydrogen-bond donors (Lipinski definition) is 2. The quantitative estimate of drug-likeness (QED) is 0.837. The molecule has 0 bridgehead atoms. The molecule has 0 radical (unpaired) electrons. The van der Waals surface area contributed by atoms with Gasteiger partial charge < -0.3 is 15.2 Å². The van der Waals surface area contributed by atoms with Crippen LogP contribution in [0.15, 0.2) is 30.3 Å². The summed E-state index contributed by atoms with van der Waals surface area (Å²) in [6.07, 6.45) is 4.22. The van der Waals surface area contributed by atoms with E-state index in [0.717, 1.165) is 29.0 Å². The van der Waals surface area contributed by atoms with E-state index in [1.807, 2.05) is 0 Å². The number of aryl methyl sites for hydroxylation is 2. The molecule has 140 valence electrons. The molecule has 2 aliphatic heterocycles. The number of benzene rings is 2. The Balaban J connectivity index is 1.69. The molecule has 1 aliphatic carbocycles. The molecule has 4 nitrogen and oxygen atoms in total. The lowest BCUT2D eigenvalue weighted by atomic mass is 9.75. The summed E-state index contributed by atoms with van der Waals surface area (Å²) in [5, 5.41) is 13.2. The Labute approximate surface area is 159 Å². The molecule has 0 spiro atoms. The van der Waals surface area contributed by atoms with E-state index in [9.17, 15) is 9.90 Å². The van der Waals surface area contributed by atoms with Gasteiger partial charge in [0.1, 0.15) is 11.9 Å². The summed E-state index contributed by atoms with van der Waals surface area (Å²) in [7, 11) is 0. The normalized spacial score (nSPS) is 25.5. The maximum Gasteiger partial charge on any atom is 0.330 e. The van der Waals surface area contributed by atoms with Gasteiger partial charge in [-0.1, -0.05) is 37.6 Å². The van der Waals surface area contributed by atoms with Crippen molar-refractivity contribution >= 4 is 11.7 Å². The largest absolute Gasteiger partial charge is 0.486 e. The van der Waals surface area contributed by atoms with Crippen molar-refractivity contribution in [2.75, 3.05) is 5.32 Å². The number of carboxylic acid groups (broad SMARTS) is 1. The number of hydrogen-bond acceptors (Lipinski definition) is 3. The maximum absolute atomic E-state index is 12.0. The highest BCUT2D eigenvalue weighted by molar-refractivity contribution is 5.82. The number of ether oxygens (including phenoxy) is 1. The second-order valence-corrected chi connectivity index (χ2v) is 8.14. The van der Waals surface area contributed by atoms with E-state index in [1.165, 1.54) is 36.0 Å². The Morgan fingerprint density at radius 3 is 2.78 bits per heavy atom. The van der Waals surface area contributed by atoms with Crippen LogP contribution >= 0.6 is 0 Å². The third-order valence-electron chi connectivity index (χ3n) is 6.63. The van der Waals surface area contributed by atoms with Gasteiger partial charge in [0, 0.05) is 11.3 Å². The number of nitrogens with one attached hydrogen (secondary N) is 1. The van der Waals surface area contributed by atoms with Crippen LogP contribution in [-0.4, -0.2) is 23.2 Å². The first-order valence-corrected chi connectivity index (χ1v) is 10.0. The Hall–Kier alpha value is -2.49. The fourth-order valence-corrected chi connectivity index (χ4v) is 5.02. The Bertz CT molecular complexity index is 931. The van der Waals surface area contributed by atoms with E-state index in [0.29, 0.717) is 5.92 Å². The fourth-order valence-electron chi connectivity index (χ4n) is 5.02. The molecule has 1 saturated carbocycles. The van der Waals surface area contributed by atoms with E-state index >= 15 is 0 Å². The summed E-state index contributed by atoms with van der Waals surface area (Å²) in [6, 6.07) is 10.0. The number of aliphatic carboxylic acids is 1. The van der Waals surface area contributed by atoms with Gasteiger partial charge >= 0.3 is 5.97 Å². The van der Waals surface area contributed by atoms with Gasteiger partial charge in [-0.15, -0.1) is 0 Å². The highest BCUT2D eigenvalue weighted by atomic mass is 16.5. The molecule has 0 amide bonds. The molecule has 2 heterocycles. The summed E-state index contributed by atoms with van der Waals surface area (Å²) in [6.45, 7) is 4.26. The second-order valence-electron chi connectivity index (χ2n) is 8.14. The van der Waals surface area contributed by atoms with Gasteiger partial charge in [0.2, 0.25) is 0 Å². The number of carbonyl (C=O) groups is 1. The first-order chi connectivity index (χ1) is 13.1. The highest BCUT2D eigenvalue weighted by Gasteiger charge is 2.49. The third kappa shape index (κ3) is 2.39. The van der Waals surface area contributed by atoms with Crippen molar-refractivity contribution in [3.63, 3.8) is 0 Å². The molecule has 2 aromatic carbocycles. The minimum absolute atomic E-state index is 0.0284. The van der Waals surface area contributed by atoms with Crippen molar-refractivity contribution < 1.29 is 14.6 Å². The van der Waals surface area contributed by atoms with E-state index in [2.05, 4.69) is 49.5 Å². The maximum atomic E-state index is 12.0. The molecular weight excluding hydrogens is 338 g/mol. The SMILES string of the molecule is CCc1cccc2c1OC1C(C(=O)O)Nc3cc(C4CCC4)cc(C)c3C21. The monoisotopic (exact) mass is 363 g/mol. The van der Waals surface area contributed by atoms with Crippen LogP contribution in [0.2, 0.25) is 0 Å². The van der Waals surface area contributed by atoms with Gasteiger partial charge in [0.15, 0.2) is 6.04 Å². The van der Waals surface area contributed by atoms with Crippen molar-refractivity contribution in [2.24, 2.45) is 0 Å². The molecule has 0 aromatic heterocycles. The van der Waals surface area contributed by atoms with Crippen LogP contribution < -0.4 is 10.1 Å². The standard InChI is InChI=1S/C23H25NO3/c1-3-13-6-5-9-16-19-18-12(2)10-15(14-7-4-8-14)11-17(18)24-20(23(25)26)22(19)27-21(13)16/h5-6,9-11,14,19-20,22,24H,3-4,7-8H2,1-2H3,(H,25,26). The number of fused-ring (bicyclic) bond motifs is 5. The number of carboxylic acids is 1. The topological polar surface area (TPSA) is 58.6 Å². The average molecular weight is 363 g/mol.